The number of rotatable bonds is 0. The van der Waals surface area contributed by atoms with E-state index in [9.17, 15) is 0 Å². The van der Waals surface area contributed by atoms with E-state index >= 15 is 0 Å². The molecule has 0 bridgehead atoms. The van der Waals surface area contributed by atoms with Crippen LogP contribution in [0.15, 0.2) is 82.6 Å². The molecule has 0 saturated heterocycles. The Morgan fingerprint density at radius 2 is 0.909 bits per heavy atom. The van der Waals surface area contributed by atoms with Crippen molar-refractivity contribution in [2.24, 2.45) is 0 Å². The minimum Gasteiger partial charge on any atom is -0.121 e. The Balaban J connectivity index is 1.87. The first-order valence-electron chi connectivity index (χ1n) is 7.42. The first-order chi connectivity index (χ1) is 10.9. The lowest BCUT2D eigenvalue weighted by atomic mass is 10.1. The van der Waals surface area contributed by atoms with Crippen LogP contribution in [-0.4, -0.2) is 0 Å². The van der Waals surface area contributed by atoms with E-state index in [1.54, 1.807) is 0 Å². The molecule has 0 amide bonds. The highest BCUT2D eigenvalue weighted by atomic mass is 32.2. The van der Waals surface area contributed by atoms with Gasteiger partial charge in [0.05, 0.1) is 0 Å². The fourth-order valence-corrected chi connectivity index (χ4v) is 4.98. The largest absolute Gasteiger partial charge is 0.121 e. The summed E-state index contributed by atoms with van der Waals surface area (Å²) in [5, 5.41) is 0. The Bertz CT molecular complexity index is 740. The van der Waals surface area contributed by atoms with Gasteiger partial charge in [-0.2, -0.15) is 0 Å². The van der Waals surface area contributed by atoms with Gasteiger partial charge in [0.25, 0.3) is 0 Å². The molecule has 0 radical (unpaired) electrons. The molecule has 0 aromatic heterocycles. The SMILES string of the molecule is c1ccc2c(c1)CSc1ccccc1-c1ccccc1SC2. The van der Waals surface area contributed by atoms with Crippen molar-refractivity contribution in [2.75, 3.05) is 0 Å². The lowest BCUT2D eigenvalue weighted by molar-refractivity contribution is 1.26. The molecule has 3 aromatic rings. The zero-order valence-corrected chi connectivity index (χ0v) is 13.8. The van der Waals surface area contributed by atoms with Gasteiger partial charge in [-0.1, -0.05) is 60.7 Å². The van der Waals surface area contributed by atoms with E-state index in [1.165, 1.54) is 32.0 Å². The summed E-state index contributed by atoms with van der Waals surface area (Å²) in [4.78, 5) is 2.74. The number of hydrogen-bond acceptors (Lipinski definition) is 2. The van der Waals surface area contributed by atoms with Crippen LogP contribution in [-0.2, 0) is 11.5 Å². The number of benzene rings is 3. The van der Waals surface area contributed by atoms with Gasteiger partial charge in [-0.25, -0.2) is 0 Å². The molecule has 108 valence electrons. The van der Waals surface area contributed by atoms with Crippen molar-refractivity contribution in [3.63, 3.8) is 0 Å². The van der Waals surface area contributed by atoms with Gasteiger partial charge in [0, 0.05) is 21.3 Å². The third kappa shape index (κ3) is 2.69. The first kappa shape index (κ1) is 14.0. The maximum atomic E-state index is 2.26. The van der Waals surface area contributed by atoms with E-state index in [0.29, 0.717) is 0 Å². The van der Waals surface area contributed by atoms with Crippen molar-refractivity contribution in [3.05, 3.63) is 83.9 Å². The fourth-order valence-electron chi connectivity index (χ4n) is 2.78. The highest BCUT2D eigenvalue weighted by molar-refractivity contribution is 7.99. The molecule has 1 aliphatic rings. The highest BCUT2D eigenvalue weighted by Crippen LogP contribution is 2.41. The maximum absolute atomic E-state index is 2.26. The summed E-state index contributed by atoms with van der Waals surface area (Å²) in [6.07, 6.45) is 0. The van der Waals surface area contributed by atoms with Crippen molar-refractivity contribution < 1.29 is 0 Å². The summed E-state index contributed by atoms with van der Waals surface area (Å²) in [5.41, 5.74) is 5.62. The molecular weight excluding hydrogens is 304 g/mol. The van der Waals surface area contributed by atoms with Crippen LogP contribution in [0, 0.1) is 0 Å². The topological polar surface area (TPSA) is 0 Å². The van der Waals surface area contributed by atoms with Crippen LogP contribution in [0.25, 0.3) is 11.1 Å². The molecule has 1 aliphatic heterocycles. The summed E-state index contributed by atoms with van der Waals surface area (Å²) in [5.74, 6) is 2.08. The molecule has 3 aromatic carbocycles. The van der Waals surface area contributed by atoms with Gasteiger partial charge >= 0.3 is 0 Å². The summed E-state index contributed by atoms with van der Waals surface area (Å²) in [6.45, 7) is 0. The predicted octanol–water partition coefficient (Wildman–Crippen LogP) is 6.25. The number of hydrogen-bond donors (Lipinski definition) is 0. The van der Waals surface area contributed by atoms with Crippen LogP contribution in [0.2, 0.25) is 0 Å². The Kier molecular flexibility index (Phi) is 3.96. The van der Waals surface area contributed by atoms with E-state index in [0.717, 1.165) is 11.5 Å². The molecule has 2 heteroatoms. The third-order valence-electron chi connectivity index (χ3n) is 3.95. The van der Waals surface area contributed by atoms with Gasteiger partial charge in [-0.15, -0.1) is 23.5 Å². The van der Waals surface area contributed by atoms with Crippen LogP contribution >= 0.6 is 23.5 Å². The van der Waals surface area contributed by atoms with Gasteiger partial charge in [-0.3, -0.25) is 0 Å². The van der Waals surface area contributed by atoms with Crippen LogP contribution in [0.5, 0.6) is 0 Å². The second-order valence-corrected chi connectivity index (χ2v) is 7.37. The lowest BCUT2D eigenvalue weighted by Gasteiger charge is -2.17. The van der Waals surface area contributed by atoms with Crippen molar-refractivity contribution >= 4 is 23.5 Å². The van der Waals surface area contributed by atoms with Crippen molar-refractivity contribution in [1.29, 1.82) is 0 Å². The molecule has 0 unspecified atom stereocenters. The summed E-state index contributed by atoms with van der Waals surface area (Å²) >= 11 is 3.88. The molecule has 22 heavy (non-hydrogen) atoms. The molecule has 0 atom stereocenters. The van der Waals surface area contributed by atoms with Gasteiger partial charge < -0.3 is 0 Å². The van der Waals surface area contributed by atoms with Gasteiger partial charge in [-0.05, 0) is 34.4 Å². The second-order valence-electron chi connectivity index (χ2n) is 5.34. The minimum atomic E-state index is 1.04. The number of thioether (sulfide) groups is 2. The zero-order valence-electron chi connectivity index (χ0n) is 12.2. The average molecular weight is 320 g/mol. The van der Waals surface area contributed by atoms with Gasteiger partial charge in [0.1, 0.15) is 0 Å². The molecule has 0 aliphatic carbocycles. The van der Waals surface area contributed by atoms with E-state index < -0.39 is 0 Å². The third-order valence-corrected chi connectivity index (χ3v) is 6.19. The Morgan fingerprint density at radius 3 is 1.41 bits per heavy atom. The van der Waals surface area contributed by atoms with E-state index in [4.69, 9.17) is 0 Å². The maximum Gasteiger partial charge on any atom is 0.0235 e. The summed E-state index contributed by atoms with van der Waals surface area (Å²) in [7, 11) is 0. The molecule has 0 N–H and O–H groups in total. The number of fused-ring (bicyclic) bond motifs is 4. The van der Waals surface area contributed by atoms with Gasteiger partial charge in [0.2, 0.25) is 0 Å². The standard InChI is InChI=1S/C20H16S2/c1-2-8-16-14-22-20-12-6-4-10-18(20)17-9-3-5-11-19(17)21-13-15(16)7-1/h1-12H,13-14H2. The minimum absolute atomic E-state index is 1.04. The smallest absolute Gasteiger partial charge is 0.0235 e. The lowest BCUT2D eigenvalue weighted by Crippen LogP contribution is -1.94. The van der Waals surface area contributed by atoms with Crippen molar-refractivity contribution in [1.82, 2.24) is 0 Å². The highest BCUT2D eigenvalue weighted by Gasteiger charge is 2.13. The molecular formula is C20H16S2. The van der Waals surface area contributed by atoms with E-state index in [-0.39, 0.29) is 0 Å². The van der Waals surface area contributed by atoms with Crippen molar-refractivity contribution in [2.45, 2.75) is 21.3 Å². The normalized spacial score (nSPS) is 13.6. The monoisotopic (exact) mass is 320 g/mol. The zero-order chi connectivity index (χ0) is 14.8. The fraction of sp³-hybridized carbons (Fsp3) is 0.100. The Labute approximate surface area is 140 Å². The Morgan fingerprint density at radius 1 is 0.500 bits per heavy atom. The first-order valence-corrected chi connectivity index (χ1v) is 9.40. The van der Waals surface area contributed by atoms with E-state index in [2.05, 4.69) is 72.8 Å². The molecule has 0 fully saturated rings. The molecule has 0 saturated carbocycles. The molecule has 0 nitrogen and oxygen atoms in total. The molecule has 4 rings (SSSR count). The van der Waals surface area contributed by atoms with Crippen LogP contribution in [0.3, 0.4) is 0 Å². The van der Waals surface area contributed by atoms with Crippen molar-refractivity contribution in [3.8, 4) is 11.1 Å². The summed E-state index contributed by atoms with van der Waals surface area (Å²) < 4.78 is 0. The average Bonchev–Trinajstić information content (AvgIpc) is 2.59. The molecule has 1 heterocycles. The van der Waals surface area contributed by atoms with Crippen LogP contribution in [0.4, 0.5) is 0 Å². The van der Waals surface area contributed by atoms with Crippen LogP contribution in [0.1, 0.15) is 11.1 Å². The predicted molar refractivity (Wildman–Crippen MR) is 97.4 cm³/mol. The van der Waals surface area contributed by atoms with Crippen LogP contribution < -0.4 is 0 Å². The molecule has 0 spiro atoms. The quantitative estimate of drug-likeness (QED) is 0.480. The summed E-state index contributed by atoms with van der Waals surface area (Å²) in [6, 6.07) is 26.4. The van der Waals surface area contributed by atoms with Gasteiger partial charge in [0.15, 0.2) is 0 Å². The Hall–Kier alpha value is -1.64. The second kappa shape index (κ2) is 6.23. The van der Waals surface area contributed by atoms with E-state index in [1.807, 2.05) is 23.5 Å².